The van der Waals surface area contributed by atoms with E-state index in [0.29, 0.717) is 39.5 Å². The Kier molecular flexibility index (Phi) is 6.74. The lowest BCUT2D eigenvalue weighted by Crippen LogP contribution is -2.29. The standard InChI is InChI=1S/C23H26ClN3O3S/c1-27(16-15-22-25-23(30-26-22)20-9-5-6-10-21(20)24)31(28,29)19-13-11-18(12-14-19)17-7-3-2-4-8-17/h5-6,9-14,17H,2-4,7-8,15-16H2,1H3. The first kappa shape index (κ1) is 22.0. The van der Waals surface area contributed by atoms with E-state index in [1.165, 1.54) is 42.0 Å². The van der Waals surface area contributed by atoms with E-state index in [1.54, 1.807) is 31.3 Å². The molecule has 1 heterocycles. The predicted molar refractivity (Wildman–Crippen MR) is 121 cm³/mol. The van der Waals surface area contributed by atoms with Crippen LogP contribution >= 0.6 is 11.6 Å². The molecule has 0 bridgehead atoms. The smallest absolute Gasteiger partial charge is 0.259 e. The van der Waals surface area contributed by atoms with Crippen LogP contribution in [0.15, 0.2) is 57.9 Å². The van der Waals surface area contributed by atoms with Gasteiger partial charge in [-0.15, -0.1) is 0 Å². The Labute approximate surface area is 188 Å². The van der Waals surface area contributed by atoms with E-state index in [4.69, 9.17) is 16.1 Å². The van der Waals surface area contributed by atoms with Gasteiger partial charge in [-0.05, 0) is 48.6 Å². The van der Waals surface area contributed by atoms with Crippen LogP contribution in [0, 0.1) is 0 Å². The Morgan fingerprint density at radius 1 is 1.06 bits per heavy atom. The second-order valence-electron chi connectivity index (χ2n) is 7.98. The number of likely N-dealkylation sites (N-methyl/N-ethyl adjacent to an activating group) is 1. The summed E-state index contributed by atoms with van der Waals surface area (Å²) >= 11 is 6.17. The van der Waals surface area contributed by atoms with Crippen LogP contribution in [0.3, 0.4) is 0 Å². The first-order valence-corrected chi connectivity index (χ1v) is 12.4. The number of nitrogens with zero attached hydrogens (tertiary/aromatic N) is 3. The molecule has 1 fully saturated rings. The molecule has 31 heavy (non-hydrogen) atoms. The van der Waals surface area contributed by atoms with Crippen molar-refractivity contribution in [3.8, 4) is 11.5 Å². The molecule has 2 aromatic carbocycles. The first-order chi connectivity index (χ1) is 14.9. The van der Waals surface area contributed by atoms with Gasteiger partial charge in [0.25, 0.3) is 5.89 Å². The van der Waals surface area contributed by atoms with Crippen LogP contribution in [0.5, 0.6) is 0 Å². The van der Waals surface area contributed by atoms with Gasteiger partial charge in [-0.2, -0.15) is 4.98 Å². The van der Waals surface area contributed by atoms with Gasteiger partial charge in [0.05, 0.1) is 15.5 Å². The number of hydrogen-bond donors (Lipinski definition) is 0. The third-order valence-corrected chi connectivity index (χ3v) is 8.09. The fourth-order valence-corrected chi connectivity index (χ4v) is 5.39. The molecule has 6 nitrogen and oxygen atoms in total. The zero-order chi connectivity index (χ0) is 21.8. The second kappa shape index (κ2) is 9.51. The molecule has 0 N–H and O–H groups in total. The van der Waals surface area contributed by atoms with Crippen molar-refractivity contribution < 1.29 is 12.9 Å². The number of rotatable bonds is 7. The van der Waals surface area contributed by atoms with Crippen molar-refractivity contribution in [2.45, 2.75) is 49.3 Å². The molecule has 0 unspecified atom stereocenters. The van der Waals surface area contributed by atoms with Gasteiger partial charge in [0.15, 0.2) is 5.82 Å². The molecular weight excluding hydrogens is 434 g/mol. The lowest BCUT2D eigenvalue weighted by atomic mass is 9.84. The molecule has 8 heteroatoms. The summed E-state index contributed by atoms with van der Waals surface area (Å²) in [5.74, 6) is 1.31. The third-order valence-electron chi connectivity index (χ3n) is 5.89. The van der Waals surface area contributed by atoms with E-state index in [0.717, 1.165) is 0 Å². The van der Waals surface area contributed by atoms with Gasteiger partial charge in [-0.3, -0.25) is 0 Å². The summed E-state index contributed by atoms with van der Waals surface area (Å²) in [7, 11) is -2.01. The lowest BCUT2D eigenvalue weighted by molar-refractivity contribution is 0.415. The highest BCUT2D eigenvalue weighted by molar-refractivity contribution is 7.89. The van der Waals surface area contributed by atoms with Gasteiger partial charge in [0.2, 0.25) is 10.0 Å². The number of benzene rings is 2. The van der Waals surface area contributed by atoms with E-state index in [1.807, 2.05) is 24.3 Å². The largest absolute Gasteiger partial charge is 0.334 e. The first-order valence-electron chi connectivity index (χ1n) is 10.6. The molecule has 1 aliphatic rings. The second-order valence-corrected chi connectivity index (χ2v) is 10.4. The van der Waals surface area contributed by atoms with Crippen molar-refractivity contribution >= 4 is 21.6 Å². The number of aromatic nitrogens is 2. The fraction of sp³-hybridized carbons (Fsp3) is 0.391. The Bertz CT molecular complexity index is 1120. The Balaban J connectivity index is 1.40. The zero-order valence-electron chi connectivity index (χ0n) is 17.5. The molecule has 4 rings (SSSR count). The van der Waals surface area contributed by atoms with Crippen molar-refractivity contribution in [1.82, 2.24) is 14.4 Å². The van der Waals surface area contributed by atoms with Crippen molar-refractivity contribution in [2.75, 3.05) is 13.6 Å². The molecule has 3 aromatic rings. The van der Waals surface area contributed by atoms with Gasteiger partial charge in [-0.25, -0.2) is 12.7 Å². The molecule has 1 saturated carbocycles. The minimum Gasteiger partial charge on any atom is -0.334 e. The van der Waals surface area contributed by atoms with Crippen molar-refractivity contribution in [3.05, 3.63) is 64.9 Å². The predicted octanol–water partition coefficient (Wildman–Crippen LogP) is 5.30. The van der Waals surface area contributed by atoms with Crippen LogP contribution in [0.4, 0.5) is 0 Å². The molecule has 0 spiro atoms. The quantitative estimate of drug-likeness (QED) is 0.479. The van der Waals surface area contributed by atoms with Crippen molar-refractivity contribution in [1.29, 1.82) is 0 Å². The average Bonchev–Trinajstić information content (AvgIpc) is 3.27. The average molecular weight is 460 g/mol. The molecule has 0 atom stereocenters. The number of sulfonamides is 1. The van der Waals surface area contributed by atoms with E-state index in [-0.39, 0.29) is 6.54 Å². The highest BCUT2D eigenvalue weighted by Crippen LogP contribution is 2.33. The maximum Gasteiger partial charge on any atom is 0.259 e. The SMILES string of the molecule is CN(CCc1noc(-c2ccccc2Cl)n1)S(=O)(=O)c1ccc(C2CCCCC2)cc1. The minimum atomic E-state index is -3.58. The van der Waals surface area contributed by atoms with Gasteiger partial charge < -0.3 is 4.52 Å². The summed E-state index contributed by atoms with van der Waals surface area (Å²) in [6.07, 6.45) is 6.51. The van der Waals surface area contributed by atoms with E-state index < -0.39 is 10.0 Å². The molecule has 0 radical (unpaired) electrons. The monoisotopic (exact) mass is 459 g/mol. The zero-order valence-corrected chi connectivity index (χ0v) is 19.1. The van der Waals surface area contributed by atoms with Crippen LogP contribution in [-0.2, 0) is 16.4 Å². The Morgan fingerprint density at radius 2 is 1.77 bits per heavy atom. The van der Waals surface area contributed by atoms with Gasteiger partial charge in [-0.1, -0.05) is 60.3 Å². The molecule has 0 saturated heterocycles. The summed E-state index contributed by atoms with van der Waals surface area (Å²) in [5, 5.41) is 4.48. The van der Waals surface area contributed by atoms with Gasteiger partial charge >= 0.3 is 0 Å². The topological polar surface area (TPSA) is 76.3 Å². The lowest BCUT2D eigenvalue weighted by Gasteiger charge is -2.22. The van der Waals surface area contributed by atoms with Gasteiger partial charge in [0.1, 0.15) is 0 Å². The number of hydrogen-bond acceptors (Lipinski definition) is 5. The summed E-state index contributed by atoms with van der Waals surface area (Å²) in [4.78, 5) is 4.65. The molecule has 0 aliphatic heterocycles. The van der Waals surface area contributed by atoms with Crippen LogP contribution in [0.2, 0.25) is 5.02 Å². The highest BCUT2D eigenvalue weighted by Gasteiger charge is 2.23. The molecule has 1 aromatic heterocycles. The van der Waals surface area contributed by atoms with E-state index in [9.17, 15) is 8.42 Å². The minimum absolute atomic E-state index is 0.244. The molecular formula is C23H26ClN3O3S. The van der Waals surface area contributed by atoms with Crippen LogP contribution in [0.25, 0.3) is 11.5 Å². The molecule has 1 aliphatic carbocycles. The summed E-state index contributed by atoms with van der Waals surface area (Å²) in [6.45, 7) is 0.244. The van der Waals surface area contributed by atoms with Crippen LogP contribution in [-0.4, -0.2) is 36.5 Å². The maximum absolute atomic E-state index is 13.0. The Morgan fingerprint density at radius 3 is 2.48 bits per heavy atom. The molecule has 164 valence electrons. The van der Waals surface area contributed by atoms with Crippen LogP contribution in [0.1, 0.15) is 49.4 Å². The van der Waals surface area contributed by atoms with Crippen molar-refractivity contribution in [3.63, 3.8) is 0 Å². The van der Waals surface area contributed by atoms with E-state index >= 15 is 0 Å². The molecule has 0 amide bonds. The number of halogens is 1. The van der Waals surface area contributed by atoms with E-state index in [2.05, 4.69) is 10.1 Å². The summed E-state index contributed by atoms with van der Waals surface area (Å²) < 4.78 is 32.5. The van der Waals surface area contributed by atoms with Gasteiger partial charge in [0, 0.05) is 20.0 Å². The third kappa shape index (κ3) is 5.00. The van der Waals surface area contributed by atoms with Crippen molar-refractivity contribution in [2.24, 2.45) is 0 Å². The van der Waals surface area contributed by atoms with Crippen LogP contribution < -0.4 is 0 Å². The fourth-order valence-electron chi connectivity index (χ4n) is 4.01. The highest BCUT2D eigenvalue weighted by atomic mass is 35.5. The summed E-state index contributed by atoms with van der Waals surface area (Å²) in [5.41, 5.74) is 1.89. The maximum atomic E-state index is 13.0. The normalized spacial score (nSPS) is 15.5. The summed E-state index contributed by atoms with van der Waals surface area (Å²) in [6, 6.07) is 14.6. The Hall–Kier alpha value is -2.22.